The first-order valence-corrected chi connectivity index (χ1v) is 8.92. The third kappa shape index (κ3) is 4.47. The first-order valence-electron chi connectivity index (χ1n) is 8.92. The second kappa shape index (κ2) is 8.35. The average Bonchev–Trinajstić information content (AvgIpc) is 3.28. The van der Waals surface area contributed by atoms with Crippen LogP contribution >= 0.6 is 0 Å². The van der Waals surface area contributed by atoms with Gasteiger partial charge in [0.15, 0.2) is 5.82 Å². The minimum absolute atomic E-state index is 0.304. The van der Waals surface area contributed by atoms with Gasteiger partial charge in [0.05, 0.1) is 0 Å². The van der Waals surface area contributed by atoms with Crippen LogP contribution in [0.5, 0.6) is 5.75 Å². The van der Waals surface area contributed by atoms with E-state index < -0.39 is 5.82 Å². The molecule has 0 aliphatic carbocycles. The Labute approximate surface area is 166 Å². The van der Waals surface area contributed by atoms with E-state index in [2.05, 4.69) is 15.4 Å². The highest BCUT2D eigenvalue weighted by atomic mass is 19.1. The molecule has 0 atom stereocenters. The fraction of sp³-hybridized carbons (Fsp3) is 0.0455. The normalized spacial score (nSPS) is 10.5. The van der Waals surface area contributed by atoms with Crippen molar-refractivity contribution >= 4 is 11.6 Å². The molecule has 6 nitrogen and oxygen atoms in total. The Morgan fingerprint density at radius 1 is 1.07 bits per heavy atom. The third-order valence-corrected chi connectivity index (χ3v) is 4.18. The largest absolute Gasteiger partial charge is 0.489 e. The molecule has 0 fully saturated rings. The lowest BCUT2D eigenvalue weighted by molar-refractivity contribution is 0.102. The number of ether oxygens (including phenoxy) is 1. The molecule has 2 aromatic heterocycles. The van der Waals surface area contributed by atoms with Gasteiger partial charge in [-0.15, -0.1) is 0 Å². The molecular weight excluding hydrogens is 371 g/mol. The average molecular weight is 388 g/mol. The van der Waals surface area contributed by atoms with E-state index in [1.54, 1.807) is 67.3 Å². The topological polar surface area (TPSA) is 69.0 Å². The van der Waals surface area contributed by atoms with Crippen LogP contribution in [0, 0.1) is 5.82 Å². The summed E-state index contributed by atoms with van der Waals surface area (Å²) in [7, 11) is 0. The fourth-order valence-corrected chi connectivity index (χ4v) is 2.76. The number of anilines is 1. The van der Waals surface area contributed by atoms with Gasteiger partial charge in [-0.3, -0.25) is 9.78 Å². The predicted molar refractivity (Wildman–Crippen MR) is 106 cm³/mol. The van der Waals surface area contributed by atoms with Crippen LogP contribution in [-0.2, 0) is 6.61 Å². The lowest BCUT2D eigenvalue weighted by Crippen LogP contribution is -2.12. The monoisotopic (exact) mass is 388 g/mol. The van der Waals surface area contributed by atoms with Gasteiger partial charge < -0.3 is 10.1 Å². The third-order valence-electron chi connectivity index (χ3n) is 4.18. The van der Waals surface area contributed by atoms with Crippen molar-refractivity contribution in [2.75, 3.05) is 5.32 Å². The van der Waals surface area contributed by atoms with Crippen molar-refractivity contribution in [2.45, 2.75) is 6.61 Å². The van der Waals surface area contributed by atoms with Gasteiger partial charge in [-0.05, 0) is 48.5 Å². The van der Waals surface area contributed by atoms with Crippen LogP contribution in [0.15, 0.2) is 85.5 Å². The molecule has 1 amide bonds. The van der Waals surface area contributed by atoms with Crippen molar-refractivity contribution in [3.8, 4) is 11.4 Å². The lowest BCUT2D eigenvalue weighted by atomic mass is 10.2. The van der Waals surface area contributed by atoms with E-state index in [0.29, 0.717) is 29.3 Å². The van der Waals surface area contributed by atoms with Crippen LogP contribution in [0.1, 0.15) is 15.9 Å². The molecule has 4 rings (SSSR count). The van der Waals surface area contributed by atoms with Crippen molar-refractivity contribution in [3.63, 3.8) is 0 Å². The second-order valence-corrected chi connectivity index (χ2v) is 6.25. The minimum Gasteiger partial charge on any atom is -0.489 e. The molecule has 0 aliphatic heterocycles. The van der Waals surface area contributed by atoms with Crippen LogP contribution in [0.25, 0.3) is 5.69 Å². The number of aromatic nitrogens is 3. The van der Waals surface area contributed by atoms with E-state index in [-0.39, 0.29) is 5.91 Å². The number of hydrogen-bond donors (Lipinski definition) is 1. The Hall–Kier alpha value is -4.00. The predicted octanol–water partition coefficient (Wildman–Crippen LogP) is 4.24. The van der Waals surface area contributed by atoms with Gasteiger partial charge in [0, 0.05) is 41.6 Å². The number of rotatable bonds is 6. The summed E-state index contributed by atoms with van der Waals surface area (Å²) >= 11 is 0. The first-order chi connectivity index (χ1) is 14.2. The zero-order valence-electron chi connectivity index (χ0n) is 15.3. The number of nitrogens with zero attached hydrogens (tertiary/aromatic N) is 3. The molecule has 0 spiro atoms. The number of carbonyl (C=O) groups is 1. The van der Waals surface area contributed by atoms with Crippen LogP contribution in [-0.4, -0.2) is 20.7 Å². The van der Waals surface area contributed by atoms with E-state index in [1.807, 2.05) is 12.1 Å². The van der Waals surface area contributed by atoms with Crippen molar-refractivity contribution in [1.82, 2.24) is 14.8 Å². The van der Waals surface area contributed by atoms with Crippen LogP contribution < -0.4 is 10.1 Å². The summed E-state index contributed by atoms with van der Waals surface area (Å²) in [6.07, 6.45) is 6.63. The van der Waals surface area contributed by atoms with Crippen LogP contribution in [0.4, 0.5) is 10.1 Å². The lowest BCUT2D eigenvalue weighted by Gasteiger charge is -2.10. The van der Waals surface area contributed by atoms with E-state index in [1.165, 1.54) is 10.7 Å². The summed E-state index contributed by atoms with van der Waals surface area (Å²) in [6.45, 7) is 0.346. The second-order valence-electron chi connectivity index (χ2n) is 6.25. The fourth-order valence-electron chi connectivity index (χ4n) is 2.76. The van der Waals surface area contributed by atoms with Gasteiger partial charge in [-0.2, -0.15) is 5.10 Å². The molecule has 4 aromatic rings. The Morgan fingerprint density at radius 2 is 2.00 bits per heavy atom. The highest BCUT2D eigenvalue weighted by molar-refractivity contribution is 6.04. The maximum atomic E-state index is 14.4. The van der Waals surface area contributed by atoms with Gasteiger partial charge in [-0.1, -0.05) is 12.1 Å². The summed E-state index contributed by atoms with van der Waals surface area (Å²) in [5, 5.41) is 6.70. The molecule has 0 unspecified atom stereocenters. The smallest absolute Gasteiger partial charge is 0.255 e. The molecule has 1 N–H and O–H groups in total. The maximum Gasteiger partial charge on any atom is 0.255 e. The molecule has 0 saturated heterocycles. The van der Waals surface area contributed by atoms with E-state index in [0.717, 1.165) is 5.56 Å². The molecule has 2 aromatic carbocycles. The Balaban J connectivity index is 1.44. The quantitative estimate of drug-likeness (QED) is 0.536. The SMILES string of the molecule is O=C(Nc1ccc(-n2cccn2)c(F)c1)c1cccc(OCc2cccnc2)c1. The Bertz CT molecular complexity index is 1110. The molecule has 144 valence electrons. The van der Waals surface area contributed by atoms with Gasteiger partial charge in [-0.25, -0.2) is 9.07 Å². The summed E-state index contributed by atoms with van der Waals surface area (Å²) < 4.78 is 21.5. The number of benzene rings is 2. The van der Waals surface area contributed by atoms with E-state index in [9.17, 15) is 9.18 Å². The molecule has 0 bridgehead atoms. The van der Waals surface area contributed by atoms with Gasteiger partial charge in [0.2, 0.25) is 0 Å². The molecule has 0 radical (unpaired) electrons. The van der Waals surface area contributed by atoms with Crippen molar-refractivity contribution < 1.29 is 13.9 Å². The Morgan fingerprint density at radius 3 is 2.76 bits per heavy atom. The number of hydrogen-bond acceptors (Lipinski definition) is 4. The van der Waals surface area contributed by atoms with Crippen molar-refractivity contribution in [2.24, 2.45) is 0 Å². The molecule has 7 heteroatoms. The Kier molecular flexibility index (Phi) is 5.29. The standard InChI is InChI=1S/C22H17FN4O2/c23-20-13-18(7-8-21(20)27-11-3-10-25-27)26-22(28)17-5-1-6-19(12-17)29-15-16-4-2-9-24-14-16/h1-14H,15H2,(H,26,28). The van der Waals surface area contributed by atoms with E-state index >= 15 is 0 Å². The molecule has 0 aliphatic rings. The van der Waals surface area contributed by atoms with Crippen molar-refractivity contribution in [3.05, 3.63) is 102 Å². The number of amides is 1. The highest BCUT2D eigenvalue weighted by Crippen LogP contribution is 2.20. The summed E-state index contributed by atoms with van der Waals surface area (Å²) in [5.74, 6) is -0.287. The minimum atomic E-state index is -0.486. The molecule has 2 heterocycles. The number of carbonyl (C=O) groups excluding carboxylic acids is 1. The van der Waals surface area contributed by atoms with Gasteiger partial charge >= 0.3 is 0 Å². The van der Waals surface area contributed by atoms with Crippen molar-refractivity contribution in [1.29, 1.82) is 0 Å². The maximum absolute atomic E-state index is 14.4. The molecule has 29 heavy (non-hydrogen) atoms. The first kappa shape index (κ1) is 18.4. The zero-order valence-corrected chi connectivity index (χ0v) is 15.3. The number of halogens is 1. The summed E-state index contributed by atoms with van der Waals surface area (Å²) in [4.78, 5) is 16.6. The van der Waals surface area contributed by atoms with E-state index in [4.69, 9.17) is 4.74 Å². The number of pyridine rings is 1. The van der Waals surface area contributed by atoms with Crippen LogP contribution in [0.3, 0.4) is 0 Å². The number of nitrogens with one attached hydrogen (secondary N) is 1. The summed E-state index contributed by atoms with van der Waals surface area (Å²) in [5.41, 5.74) is 1.99. The van der Waals surface area contributed by atoms with Gasteiger partial charge in [0.25, 0.3) is 5.91 Å². The highest BCUT2D eigenvalue weighted by Gasteiger charge is 2.11. The molecular formula is C22H17FN4O2. The summed E-state index contributed by atoms with van der Waals surface area (Å²) in [6, 6.07) is 16.7. The molecule has 0 saturated carbocycles. The zero-order chi connectivity index (χ0) is 20.1. The van der Waals surface area contributed by atoms with Gasteiger partial charge in [0.1, 0.15) is 18.0 Å². The van der Waals surface area contributed by atoms with Crippen LogP contribution in [0.2, 0.25) is 0 Å².